The predicted octanol–water partition coefficient (Wildman–Crippen LogP) is 4.65. The van der Waals surface area contributed by atoms with Gasteiger partial charge in [0.05, 0.1) is 11.7 Å². The lowest BCUT2D eigenvalue weighted by Crippen LogP contribution is -2.41. The maximum Gasteiger partial charge on any atom is 0.252 e. The van der Waals surface area contributed by atoms with Crippen LogP contribution in [0.2, 0.25) is 0 Å². The number of nitrogens with zero attached hydrogens (tertiary/aromatic N) is 4. The molecule has 7 nitrogen and oxygen atoms in total. The lowest BCUT2D eigenvalue weighted by atomic mass is 10.1. The minimum absolute atomic E-state index is 0.0229. The number of likely N-dealkylation sites (tertiary alicyclic amines) is 1. The van der Waals surface area contributed by atoms with Crippen molar-refractivity contribution in [1.82, 2.24) is 19.9 Å². The van der Waals surface area contributed by atoms with E-state index in [1.807, 2.05) is 23.1 Å². The topological polar surface area (TPSA) is 80.2 Å². The van der Waals surface area contributed by atoms with Gasteiger partial charge in [0.1, 0.15) is 17.7 Å². The van der Waals surface area contributed by atoms with Crippen LogP contribution in [0.1, 0.15) is 44.0 Å². The number of aromatic nitrogens is 3. The molecule has 33 heavy (non-hydrogen) atoms. The molecule has 2 aromatic heterocycles. The zero-order valence-corrected chi connectivity index (χ0v) is 18.3. The van der Waals surface area contributed by atoms with E-state index < -0.39 is 0 Å². The van der Waals surface area contributed by atoms with Crippen molar-refractivity contribution in [2.24, 2.45) is 0 Å². The third kappa shape index (κ3) is 4.85. The molecule has 4 heterocycles. The van der Waals surface area contributed by atoms with Crippen molar-refractivity contribution in [1.29, 1.82) is 0 Å². The average Bonchev–Trinajstić information content (AvgIpc) is 3.35. The van der Waals surface area contributed by atoms with Crippen molar-refractivity contribution in [3.8, 4) is 11.3 Å². The molecule has 2 unspecified atom stereocenters. The van der Waals surface area contributed by atoms with Gasteiger partial charge in [-0.05, 0) is 62.4 Å². The van der Waals surface area contributed by atoms with E-state index >= 15 is 0 Å². The van der Waals surface area contributed by atoms with Crippen molar-refractivity contribution in [3.63, 3.8) is 0 Å². The lowest BCUT2D eigenvalue weighted by Gasteiger charge is -2.30. The average molecular weight is 448 g/mol. The third-order valence-corrected chi connectivity index (χ3v) is 6.11. The van der Waals surface area contributed by atoms with Crippen LogP contribution in [0, 0.1) is 5.82 Å². The normalized spacial score (nSPS) is 20.6. The molecule has 1 aromatic carbocycles. The van der Waals surface area contributed by atoms with Crippen LogP contribution in [0.3, 0.4) is 0 Å². The van der Waals surface area contributed by atoms with Crippen LogP contribution in [-0.4, -0.2) is 45.0 Å². The van der Waals surface area contributed by atoms with E-state index in [9.17, 15) is 9.18 Å². The maximum absolute atomic E-state index is 13.7. The van der Waals surface area contributed by atoms with Crippen molar-refractivity contribution in [2.75, 3.05) is 18.5 Å². The smallest absolute Gasteiger partial charge is 0.252 e. The van der Waals surface area contributed by atoms with Crippen LogP contribution in [-0.2, 0) is 9.53 Å². The summed E-state index contributed by atoms with van der Waals surface area (Å²) in [5, 5.41) is 3.19. The summed E-state index contributed by atoms with van der Waals surface area (Å²) in [5.41, 5.74) is 2.20. The van der Waals surface area contributed by atoms with Crippen molar-refractivity contribution >= 4 is 17.4 Å². The Bertz CT molecular complexity index is 1120. The van der Waals surface area contributed by atoms with Crippen LogP contribution in [0.15, 0.2) is 54.9 Å². The molecule has 8 heteroatoms. The first-order valence-corrected chi connectivity index (χ1v) is 11.4. The first-order chi connectivity index (χ1) is 16.2. The Kier molecular flexibility index (Phi) is 6.26. The van der Waals surface area contributed by atoms with Crippen molar-refractivity contribution in [2.45, 2.75) is 44.2 Å². The highest BCUT2D eigenvalue weighted by molar-refractivity contribution is 5.81. The van der Waals surface area contributed by atoms with E-state index in [1.165, 1.54) is 12.1 Å². The summed E-state index contributed by atoms with van der Waals surface area (Å²) in [5.74, 6) is 0.814. The quantitative estimate of drug-likeness (QED) is 0.613. The summed E-state index contributed by atoms with van der Waals surface area (Å²) in [6, 6.07) is 11.6. The van der Waals surface area contributed by atoms with E-state index in [-0.39, 0.29) is 23.9 Å². The van der Waals surface area contributed by atoms with Gasteiger partial charge in [-0.3, -0.25) is 9.78 Å². The fourth-order valence-corrected chi connectivity index (χ4v) is 4.48. The summed E-state index contributed by atoms with van der Waals surface area (Å²) in [7, 11) is 0. The Balaban J connectivity index is 1.49. The summed E-state index contributed by atoms with van der Waals surface area (Å²) < 4.78 is 19.5. The summed E-state index contributed by atoms with van der Waals surface area (Å²) in [6.45, 7) is 1.30. The first-order valence-electron chi connectivity index (χ1n) is 11.4. The summed E-state index contributed by atoms with van der Waals surface area (Å²) in [6.07, 6.45) is 7.48. The number of pyridine rings is 1. The van der Waals surface area contributed by atoms with E-state index in [1.54, 1.807) is 24.5 Å². The lowest BCUT2D eigenvalue weighted by molar-refractivity contribution is -0.147. The number of halogens is 1. The van der Waals surface area contributed by atoms with Gasteiger partial charge in [0.25, 0.3) is 5.91 Å². The van der Waals surface area contributed by atoms with Crippen LogP contribution in [0.25, 0.3) is 11.3 Å². The minimum atomic E-state index is -0.382. The number of hydrogen-bond donors (Lipinski definition) is 1. The van der Waals surface area contributed by atoms with Crippen LogP contribution >= 0.6 is 0 Å². The van der Waals surface area contributed by atoms with E-state index in [2.05, 4.69) is 10.3 Å². The van der Waals surface area contributed by atoms with Gasteiger partial charge in [0.2, 0.25) is 0 Å². The molecule has 3 aromatic rings. The van der Waals surface area contributed by atoms with Crippen LogP contribution in [0.4, 0.5) is 15.9 Å². The highest BCUT2D eigenvalue weighted by atomic mass is 19.1. The zero-order chi connectivity index (χ0) is 22.6. The Morgan fingerprint density at radius 1 is 1.06 bits per heavy atom. The predicted molar refractivity (Wildman–Crippen MR) is 122 cm³/mol. The molecule has 2 fully saturated rings. The molecule has 1 amide bonds. The van der Waals surface area contributed by atoms with Gasteiger partial charge in [-0.2, -0.15) is 0 Å². The van der Waals surface area contributed by atoms with Crippen LogP contribution in [0.5, 0.6) is 0 Å². The highest BCUT2D eigenvalue weighted by Crippen LogP contribution is 2.34. The van der Waals surface area contributed by atoms with Crippen molar-refractivity contribution in [3.05, 3.63) is 66.5 Å². The summed E-state index contributed by atoms with van der Waals surface area (Å²) >= 11 is 0. The molecular formula is C25H26FN5O2. The number of anilines is 2. The monoisotopic (exact) mass is 447 g/mol. The number of rotatable bonds is 5. The molecule has 1 N–H and O–H groups in total. The number of nitrogens with one attached hydrogen (secondary N) is 1. The van der Waals surface area contributed by atoms with Gasteiger partial charge in [-0.25, -0.2) is 14.4 Å². The standard InChI is InChI=1S/C25H26FN5O2/c26-18-5-3-6-19(15-18)28-23-16-20(17-9-11-27-12-10-17)29-24(30-23)21-7-4-13-31(21)25(32)22-8-1-2-14-33-22/h3,5-6,9-12,15-16,21-22H,1-2,4,7-8,13-14H2,(H,28,29,30). The second-order valence-corrected chi connectivity index (χ2v) is 8.41. The van der Waals surface area contributed by atoms with E-state index in [0.29, 0.717) is 30.5 Å². The molecule has 2 aliphatic heterocycles. The highest BCUT2D eigenvalue weighted by Gasteiger charge is 2.36. The number of ether oxygens (including phenoxy) is 1. The molecule has 2 atom stereocenters. The minimum Gasteiger partial charge on any atom is -0.368 e. The Labute approximate surface area is 192 Å². The van der Waals surface area contributed by atoms with Gasteiger partial charge in [0, 0.05) is 42.9 Å². The largest absolute Gasteiger partial charge is 0.368 e. The van der Waals surface area contributed by atoms with Gasteiger partial charge in [-0.15, -0.1) is 0 Å². The van der Waals surface area contributed by atoms with E-state index in [0.717, 1.165) is 43.4 Å². The van der Waals surface area contributed by atoms with Crippen LogP contribution < -0.4 is 5.32 Å². The fraction of sp³-hybridized carbons (Fsp3) is 0.360. The summed E-state index contributed by atoms with van der Waals surface area (Å²) in [4.78, 5) is 28.8. The third-order valence-electron chi connectivity index (χ3n) is 6.11. The van der Waals surface area contributed by atoms with Gasteiger partial charge < -0.3 is 15.0 Å². The number of benzene rings is 1. The Morgan fingerprint density at radius 3 is 2.73 bits per heavy atom. The molecule has 0 aliphatic carbocycles. The molecule has 2 aliphatic rings. The second-order valence-electron chi connectivity index (χ2n) is 8.41. The van der Waals surface area contributed by atoms with E-state index in [4.69, 9.17) is 14.7 Å². The molecule has 0 radical (unpaired) electrons. The van der Waals surface area contributed by atoms with Gasteiger partial charge in [0.15, 0.2) is 5.82 Å². The first kappa shape index (κ1) is 21.5. The zero-order valence-electron chi connectivity index (χ0n) is 18.3. The molecule has 0 saturated carbocycles. The SMILES string of the molecule is O=C(C1CCCCO1)N1CCCC1c1nc(Nc2cccc(F)c2)cc(-c2ccncc2)n1. The molecular weight excluding hydrogens is 421 g/mol. The molecule has 0 spiro atoms. The van der Waals surface area contributed by atoms with Crippen molar-refractivity contribution < 1.29 is 13.9 Å². The molecule has 2 saturated heterocycles. The Morgan fingerprint density at radius 2 is 1.94 bits per heavy atom. The maximum atomic E-state index is 13.7. The Hall–Kier alpha value is -3.39. The van der Waals surface area contributed by atoms with Gasteiger partial charge >= 0.3 is 0 Å². The van der Waals surface area contributed by atoms with Gasteiger partial charge in [-0.1, -0.05) is 6.07 Å². The number of hydrogen-bond acceptors (Lipinski definition) is 6. The fourth-order valence-electron chi connectivity index (χ4n) is 4.48. The molecule has 0 bridgehead atoms. The second kappa shape index (κ2) is 9.62. The number of carbonyl (C=O) groups is 1. The number of amides is 1. The number of carbonyl (C=O) groups excluding carboxylic acids is 1. The molecule has 5 rings (SSSR count). The molecule has 170 valence electrons.